The lowest BCUT2D eigenvalue weighted by molar-refractivity contribution is -0.387. The maximum Gasteiger partial charge on any atom is 0.289 e. The molecular formula is C20H25N5O5S2. The van der Waals surface area contributed by atoms with E-state index in [9.17, 15) is 19.7 Å². The van der Waals surface area contributed by atoms with Gasteiger partial charge in [-0.05, 0) is 30.2 Å². The number of hydrogen-bond donors (Lipinski definition) is 2. The first kappa shape index (κ1) is 24.0. The largest absolute Gasteiger partial charge is 0.378 e. The van der Waals surface area contributed by atoms with Crippen molar-refractivity contribution < 1.29 is 19.2 Å². The molecular weight excluding hydrogens is 454 g/mol. The van der Waals surface area contributed by atoms with E-state index < -0.39 is 16.7 Å². The Morgan fingerprint density at radius 1 is 1.28 bits per heavy atom. The summed E-state index contributed by atoms with van der Waals surface area (Å²) in [6.07, 6.45) is 0.931. The molecule has 2 heterocycles. The highest BCUT2D eigenvalue weighted by Crippen LogP contribution is 2.31. The van der Waals surface area contributed by atoms with E-state index in [1.165, 1.54) is 35.2 Å². The summed E-state index contributed by atoms with van der Waals surface area (Å²) in [5.74, 6) is 0.0337. The summed E-state index contributed by atoms with van der Waals surface area (Å²) in [5.41, 5.74) is 4.73. The van der Waals surface area contributed by atoms with Crippen molar-refractivity contribution in [2.45, 2.75) is 25.2 Å². The number of aromatic nitrogens is 1. The lowest BCUT2D eigenvalue weighted by atomic mass is 10.2. The first-order valence-corrected chi connectivity index (χ1v) is 12.0. The van der Waals surface area contributed by atoms with Crippen molar-refractivity contribution >= 4 is 45.7 Å². The number of thiazole rings is 1. The monoisotopic (exact) mass is 479 g/mol. The summed E-state index contributed by atoms with van der Waals surface area (Å²) in [6.45, 7) is 6.81. The summed E-state index contributed by atoms with van der Waals surface area (Å²) in [5, 5.41) is 13.8. The van der Waals surface area contributed by atoms with E-state index in [4.69, 9.17) is 4.74 Å². The van der Waals surface area contributed by atoms with Gasteiger partial charge in [0.1, 0.15) is 5.69 Å². The number of nitrogens with one attached hydrogen (secondary N) is 2. The van der Waals surface area contributed by atoms with Crippen LogP contribution in [-0.2, 0) is 4.74 Å². The standard InChI is InChI=1S/C20H25N5O5S2/c1-13(2)5-10-31-17-4-3-14(11-16(17)25(28)29)18(26)22-23-19(27)15-12-32-20(21-15)24-6-8-30-9-7-24/h3-4,11-13H,5-10H2,1-2H3,(H,22,26)(H,23,27). The zero-order valence-electron chi connectivity index (χ0n) is 17.8. The smallest absolute Gasteiger partial charge is 0.289 e. The minimum atomic E-state index is -0.649. The van der Waals surface area contributed by atoms with Crippen LogP contribution in [0.15, 0.2) is 28.5 Å². The zero-order chi connectivity index (χ0) is 23.1. The second kappa shape index (κ2) is 11.2. The molecule has 0 spiro atoms. The molecule has 0 unspecified atom stereocenters. The molecule has 0 saturated carbocycles. The van der Waals surface area contributed by atoms with Gasteiger partial charge in [-0.1, -0.05) is 13.8 Å². The fraction of sp³-hybridized carbons (Fsp3) is 0.450. The van der Waals surface area contributed by atoms with Crippen LogP contribution in [0.3, 0.4) is 0 Å². The normalized spacial score (nSPS) is 13.8. The summed E-state index contributed by atoms with van der Waals surface area (Å²) in [4.78, 5) is 42.6. The van der Waals surface area contributed by atoms with Crippen LogP contribution in [-0.4, -0.2) is 53.8 Å². The van der Waals surface area contributed by atoms with Crippen LogP contribution in [0.1, 0.15) is 41.1 Å². The number of nitro groups is 1. The average Bonchev–Trinajstić information content (AvgIpc) is 3.28. The van der Waals surface area contributed by atoms with E-state index in [2.05, 4.69) is 29.7 Å². The third-order valence-corrected chi connectivity index (χ3v) is 6.66. The third-order valence-electron chi connectivity index (χ3n) is 4.67. The molecule has 12 heteroatoms. The fourth-order valence-electron chi connectivity index (χ4n) is 2.85. The molecule has 2 N–H and O–H groups in total. The van der Waals surface area contributed by atoms with Gasteiger partial charge in [0.15, 0.2) is 5.13 Å². The Kier molecular flexibility index (Phi) is 8.42. The number of hydrogen-bond acceptors (Lipinski definition) is 9. The molecule has 1 aliphatic rings. The van der Waals surface area contributed by atoms with Crippen LogP contribution < -0.4 is 15.8 Å². The van der Waals surface area contributed by atoms with E-state index in [1.54, 1.807) is 11.4 Å². The summed E-state index contributed by atoms with van der Waals surface area (Å²) < 4.78 is 5.31. The van der Waals surface area contributed by atoms with Crippen LogP contribution in [0.2, 0.25) is 0 Å². The van der Waals surface area contributed by atoms with Gasteiger partial charge in [0.2, 0.25) is 0 Å². The third kappa shape index (κ3) is 6.40. The molecule has 1 aromatic carbocycles. The highest BCUT2D eigenvalue weighted by molar-refractivity contribution is 7.99. The molecule has 3 rings (SSSR count). The Hall–Kier alpha value is -2.70. The number of amides is 2. The molecule has 10 nitrogen and oxygen atoms in total. The Labute approximate surface area is 193 Å². The van der Waals surface area contributed by atoms with E-state index >= 15 is 0 Å². The van der Waals surface area contributed by atoms with Crippen molar-refractivity contribution in [1.82, 2.24) is 15.8 Å². The number of benzene rings is 1. The Bertz CT molecular complexity index is 975. The lowest BCUT2D eigenvalue weighted by Gasteiger charge is -2.25. The Morgan fingerprint density at radius 3 is 2.69 bits per heavy atom. The van der Waals surface area contributed by atoms with Gasteiger partial charge < -0.3 is 9.64 Å². The van der Waals surface area contributed by atoms with Gasteiger partial charge in [-0.25, -0.2) is 4.98 Å². The van der Waals surface area contributed by atoms with Crippen LogP contribution in [0.5, 0.6) is 0 Å². The SMILES string of the molecule is CC(C)CCSc1ccc(C(=O)NNC(=O)c2csc(N3CCOCC3)n2)cc1[N+](=O)[O-]. The molecule has 0 atom stereocenters. The maximum absolute atomic E-state index is 12.4. The number of ether oxygens (including phenoxy) is 1. The molecule has 172 valence electrons. The number of rotatable bonds is 8. The molecule has 2 amide bonds. The highest BCUT2D eigenvalue weighted by Gasteiger charge is 2.20. The number of carbonyl (C=O) groups excluding carboxylic acids is 2. The zero-order valence-corrected chi connectivity index (χ0v) is 19.5. The van der Waals surface area contributed by atoms with Gasteiger partial charge >= 0.3 is 0 Å². The van der Waals surface area contributed by atoms with Gasteiger partial charge in [-0.15, -0.1) is 23.1 Å². The second-order valence-electron chi connectivity index (χ2n) is 7.49. The van der Waals surface area contributed by atoms with Gasteiger partial charge in [-0.3, -0.25) is 30.6 Å². The topological polar surface area (TPSA) is 127 Å². The summed E-state index contributed by atoms with van der Waals surface area (Å²) in [7, 11) is 0. The summed E-state index contributed by atoms with van der Waals surface area (Å²) in [6, 6.07) is 4.29. The van der Waals surface area contributed by atoms with E-state index in [1.807, 2.05) is 4.90 Å². The molecule has 32 heavy (non-hydrogen) atoms. The first-order chi connectivity index (χ1) is 15.3. The minimum Gasteiger partial charge on any atom is -0.378 e. The number of nitrogens with zero attached hydrogens (tertiary/aromatic N) is 3. The van der Waals surface area contributed by atoms with Gasteiger partial charge in [0.05, 0.1) is 23.0 Å². The van der Waals surface area contributed by atoms with Crippen molar-refractivity contribution in [3.8, 4) is 0 Å². The number of carbonyl (C=O) groups is 2. The maximum atomic E-state index is 12.4. The van der Waals surface area contributed by atoms with E-state index in [-0.39, 0.29) is 16.9 Å². The van der Waals surface area contributed by atoms with Gasteiger partial charge in [0, 0.05) is 30.1 Å². The number of anilines is 1. The predicted octanol–water partition coefficient (Wildman–Crippen LogP) is 3.10. The molecule has 1 aliphatic heterocycles. The van der Waals surface area contributed by atoms with E-state index in [0.717, 1.165) is 12.2 Å². The Balaban J connectivity index is 1.59. The van der Waals surface area contributed by atoms with Crippen molar-refractivity contribution in [1.29, 1.82) is 0 Å². The predicted molar refractivity (Wildman–Crippen MR) is 123 cm³/mol. The number of morpholine rings is 1. The number of thioether (sulfide) groups is 1. The lowest BCUT2D eigenvalue weighted by Crippen LogP contribution is -2.42. The molecule has 1 aromatic heterocycles. The second-order valence-corrected chi connectivity index (χ2v) is 9.47. The van der Waals surface area contributed by atoms with Crippen molar-refractivity contribution in [3.63, 3.8) is 0 Å². The van der Waals surface area contributed by atoms with Crippen molar-refractivity contribution in [2.24, 2.45) is 5.92 Å². The van der Waals surface area contributed by atoms with Crippen LogP contribution in [0.4, 0.5) is 10.8 Å². The molecule has 0 aliphatic carbocycles. The van der Waals surface area contributed by atoms with Crippen molar-refractivity contribution in [2.75, 3.05) is 37.0 Å². The number of hydrazine groups is 1. The van der Waals surface area contributed by atoms with E-state index in [0.29, 0.717) is 42.2 Å². The van der Waals surface area contributed by atoms with Crippen molar-refractivity contribution in [3.05, 3.63) is 45.0 Å². The number of nitro benzene ring substituents is 1. The molecule has 2 aromatic rings. The first-order valence-electron chi connectivity index (χ1n) is 10.1. The summed E-state index contributed by atoms with van der Waals surface area (Å²) >= 11 is 2.73. The average molecular weight is 480 g/mol. The Morgan fingerprint density at radius 2 is 2.00 bits per heavy atom. The minimum absolute atomic E-state index is 0.0810. The van der Waals surface area contributed by atoms with Gasteiger partial charge in [0.25, 0.3) is 17.5 Å². The van der Waals surface area contributed by atoms with Gasteiger partial charge in [-0.2, -0.15) is 0 Å². The molecule has 1 fully saturated rings. The molecule has 0 bridgehead atoms. The van der Waals surface area contributed by atoms with Crippen LogP contribution in [0, 0.1) is 16.0 Å². The fourth-order valence-corrected chi connectivity index (χ4v) is 4.96. The highest BCUT2D eigenvalue weighted by atomic mass is 32.2. The quantitative estimate of drug-likeness (QED) is 0.336. The van der Waals surface area contributed by atoms with Crippen LogP contribution >= 0.6 is 23.1 Å². The molecule has 1 saturated heterocycles. The molecule has 0 radical (unpaired) electrons. The van der Waals surface area contributed by atoms with Crippen LogP contribution in [0.25, 0.3) is 0 Å².